The highest BCUT2D eigenvalue weighted by Crippen LogP contribution is 2.19. The second-order valence-corrected chi connectivity index (χ2v) is 7.89. The smallest absolute Gasteiger partial charge is 0.325 e. The maximum absolute atomic E-state index is 13.1. The van der Waals surface area contributed by atoms with Crippen LogP contribution in [0.3, 0.4) is 0 Å². The summed E-state index contributed by atoms with van der Waals surface area (Å²) in [5.41, 5.74) is 1.44. The number of benzene rings is 2. The van der Waals surface area contributed by atoms with Crippen molar-refractivity contribution in [1.29, 1.82) is 0 Å². The number of aryl methyl sites for hydroxylation is 2. The molecule has 2 aromatic carbocycles. The lowest BCUT2D eigenvalue weighted by molar-refractivity contribution is -0.116. The third kappa shape index (κ3) is 4.56. The van der Waals surface area contributed by atoms with Gasteiger partial charge < -0.3 is 5.32 Å². The van der Waals surface area contributed by atoms with Crippen molar-refractivity contribution >= 4 is 34.2 Å². The molecule has 0 atom stereocenters. The average Bonchev–Trinajstić information content (AvgIpc) is 2.83. The van der Waals surface area contributed by atoms with Crippen LogP contribution in [0.2, 0.25) is 5.02 Å². The molecule has 9 heteroatoms. The van der Waals surface area contributed by atoms with Gasteiger partial charge in [-0.3, -0.25) is 18.7 Å². The van der Waals surface area contributed by atoms with Crippen molar-refractivity contribution < 1.29 is 4.79 Å². The van der Waals surface area contributed by atoms with Crippen molar-refractivity contribution in [2.24, 2.45) is 0 Å². The molecule has 0 aliphatic rings. The number of rotatable bonds is 6. The van der Waals surface area contributed by atoms with E-state index < -0.39 is 23.7 Å². The number of nitrogens with one attached hydrogen (secondary N) is 1. The van der Waals surface area contributed by atoms with E-state index in [-0.39, 0.29) is 17.6 Å². The zero-order valence-electron chi connectivity index (χ0n) is 18.2. The fraction of sp³-hybridized carbons (Fsp3) is 0.208. The Kier molecular flexibility index (Phi) is 6.37. The van der Waals surface area contributed by atoms with E-state index >= 15 is 0 Å². The predicted molar refractivity (Wildman–Crippen MR) is 129 cm³/mol. The summed E-state index contributed by atoms with van der Waals surface area (Å²) in [4.78, 5) is 47.5. The molecule has 0 aliphatic carbocycles. The van der Waals surface area contributed by atoms with Crippen LogP contribution in [-0.2, 0) is 24.3 Å². The lowest BCUT2D eigenvalue weighted by Gasteiger charge is -2.13. The maximum atomic E-state index is 13.1. The Morgan fingerprint density at radius 2 is 1.70 bits per heavy atom. The van der Waals surface area contributed by atoms with Gasteiger partial charge in [0.15, 0.2) is 11.5 Å². The van der Waals surface area contributed by atoms with Crippen LogP contribution in [-0.4, -0.2) is 25.0 Å². The molecule has 0 bridgehead atoms. The lowest BCUT2D eigenvalue weighted by atomic mass is 10.1. The van der Waals surface area contributed by atoms with E-state index in [4.69, 9.17) is 11.6 Å². The molecule has 168 valence electrons. The number of nitrogens with zero attached hydrogens (tertiary/aromatic N) is 4. The molecule has 2 heterocycles. The summed E-state index contributed by atoms with van der Waals surface area (Å²) in [6.45, 7) is 3.67. The topological polar surface area (TPSA) is 98.9 Å². The second kappa shape index (κ2) is 9.38. The highest BCUT2D eigenvalue weighted by atomic mass is 35.5. The monoisotopic (exact) mass is 463 g/mol. The van der Waals surface area contributed by atoms with Gasteiger partial charge in [-0.1, -0.05) is 30.7 Å². The molecule has 0 saturated heterocycles. The average molecular weight is 464 g/mol. The number of hydrogen-bond donors (Lipinski definition) is 1. The minimum atomic E-state index is -0.612. The first-order valence-corrected chi connectivity index (χ1v) is 10.9. The molecule has 0 radical (unpaired) electrons. The predicted octanol–water partition coefficient (Wildman–Crippen LogP) is 3.49. The van der Waals surface area contributed by atoms with Gasteiger partial charge in [-0.2, -0.15) is 0 Å². The van der Waals surface area contributed by atoms with Crippen LogP contribution in [0.15, 0.2) is 64.3 Å². The van der Waals surface area contributed by atoms with Gasteiger partial charge in [0.05, 0.1) is 0 Å². The SMILES string of the molecule is CCc1ccc(NC(=O)Cn2c(=O)c3cnc(-c4ccc(Cl)cc4)nc3n(CC)c2=O)cc1. The van der Waals surface area contributed by atoms with Crippen molar-refractivity contribution in [2.75, 3.05) is 5.32 Å². The zero-order chi connectivity index (χ0) is 23.5. The van der Waals surface area contributed by atoms with Crippen LogP contribution < -0.4 is 16.6 Å². The molecule has 1 N–H and O–H groups in total. The highest BCUT2D eigenvalue weighted by Gasteiger charge is 2.17. The van der Waals surface area contributed by atoms with Crippen LogP contribution >= 0.6 is 11.6 Å². The van der Waals surface area contributed by atoms with E-state index in [2.05, 4.69) is 15.3 Å². The Balaban J connectivity index is 1.71. The molecule has 4 rings (SSSR count). The molecule has 0 unspecified atom stereocenters. The first-order valence-electron chi connectivity index (χ1n) is 10.6. The van der Waals surface area contributed by atoms with Crippen LogP contribution in [0.25, 0.3) is 22.4 Å². The van der Waals surface area contributed by atoms with E-state index in [0.717, 1.165) is 16.6 Å². The van der Waals surface area contributed by atoms with Gasteiger partial charge in [0.2, 0.25) is 5.91 Å². The molecule has 0 saturated carbocycles. The number of fused-ring (bicyclic) bond motifs is 1. The van der Waals surface area contributed by atoms with Crippen molar-refractivity contribution in [1.82, 2.24) is 19.1 Å². The van der Waals surface area contributed by atoms with Crippen LogP contribution in [0.5, 0.6) is 0 Å². The number of amides is 1. The van der Waals surface area contributed by atoms with E-state index in [1.54, 1.807) is 43.3 Å². The summed E-state index contributed by atoms with van der Waals surface area (Å²) in [7, 11) is 0. The van der Waals surface area contributed by atoms with Crippen molar-refractivity contribution in [3.63, 3.8) is 0 Å². The van der Waals surface area contributed by atoms with Crippen molar-refractivity contribution in [2.45, 2.75) is 33.4 Å². The van der Waals surface area contributed by atoms with Crippen LogP contribution in [0, 0.1) is 0 Å². The number of hydrogen-bond acceptors (Lipinski definition) is 5. The number of aromatic nitrogens is 4. The first kappa shape index (κ1) is 22.4. The molecular weight excluding hydrogens is 442 g/mol. The van der Waals surface area contributed by atoms with Gasteiger partial charge in [-0.25, -0.2) is 14.8 Å². The first-order chi connectivity index (χ1) is 15.9. The molecule has 1 amide bonds. The molecule has 8 nitrogen and oxygen atoms in total. The van der Waals surface area contributed by atoms with Crippen LogP contribution in [0.1, 0.15) is 19.4 Å². The van der Waals surface area contributed by atoms with Gasteiger partial charge in [0, 0.05) is 29.0 Å². The van der Waals surface area contributed by atoms with Gasteiger partial charge in [-0.05, 0) is 55.3 Å². The molecular formula is C24H22ClN5O3. The second-order valence-electron chi connectivity index (χ2n) is 7.45. The summed E-state index contributed by atoms with van der Waals surface area (Å²) in [6.07, 6.45) is 2.27. The molecule has 0 fully saturated rings. The number of carbonyl (C=O) groups excluding carboxylic acids is 1. The number of halogens is 1. The zero-order valence-corrected chi connectivity index (χ0v) is 19.0. The fourth-order valence-electron chi connectivity index (χ4n) is 3.53. The number of anilines is 1. The molecule has 33 heavy (non-hydrogen) atoms. The fourth-order valence-corrected chi connectivity index (χ4v) is 3.65. The minimum Gasteiger partial charge on any atom is -0.325 e. The number of carbonyl (C=O) groups is 1. The Hall–Kier alpha value is -3.78. The Morgan fingerprint density at radius 3 is 2.33 bits per heavy atom. The van der Waals surface area contributed by atoms with E-state index in [1.165, 1.54) is 10.8 Å². The van der Waals surface area contributed by atoms with Crippen molar-refractivity contribution in [3.05, 3.63) is 86.2 Å². The third-order valence-electron chi connectivity index (χ3n) is 5.33. The standard InChI is InChI=1S/C24H22ClN5O3/c1-3-15-5-11-18(12-6-15)27-20(31)14-30-23(32)19-13-26-21(16-7-9-17(25)10-8-16)28-22(19)29(4-2)24(30)33/h5-13H,3-4,14H2,1-2H3,(H,27,31). The van der Waals surface area contributed by atoms with E-state index in [1.807, 2.05) is 19.1 Å². The summed E-state index contributed by atoms with van der Waals surface area (Å²) in [6, 6.07) is 14.3. The van der Waals surface area contributed by atoms with Gasteiger partial charge in [0.25, 0.3) is 5.56 Å². The normalized spacial score (nSPS) is 11.0. The maximum Gasteiger partial charge on any atom is 0.333 e. The van der Waals surface area contributed by atoms with Gasteiger partial charge >= 0.3 is 5.69 Å². The summed E-state index contributed by atoms with van der Waals surface area (Å²) >= 11 is 5.94. The summed E-state index contributed by atoms with van der Waals surface area (Å²) in [5, 5.41) is 3.47. The molecule has 0 spiro atoms. The minimum absolute atomic E-state index is 0.161. The van der Waals surface area contributed by atoms with Crippen LogP contribution in [0.4, 0.5) is 5.69 Å². The molecule has 0 aliphatic heterocycles. The van der Waals surface area contributed by atoms with E-state index in [0.29, 0.717) is 22.1 Å². The highest BCUT2D eigenvalue weighted by molar-refractivity contribution is 6.30. The van der Waals surface area contributed by atoms with Gasteiger partial charge in [-0.15, -0.1) is 0 Å². The lowest BCUT2D eigenvalue weighted by Crippen LogP contribution is -2.42. The van der Waals surface area contributed by atoms with Gasteiger partial charge in [0.1, 0.15) is 11.9 Å². The van der Waals surface area contributed by atoms with Crippen molar-refractivity contribution in [3.8, 4) is 11.4 Å². The summed E-state index contributed by atoms with van der Waals surface area (Å²) in [5.74, 6) is -0.106. The van der Waals surface area contributed by atoms with E-state index in [9.17, 15) is 14.4 Å². The molecule has 4 aromatic rings. The Labute approximate surface area is 194 Å². The third-order valence-corrected chi connectivity index (χ3v) is 5.58. The quantitative estimate of drug-likeness (QED) is 0.472. The summed E-state index contributed by atoms with van der Waals surface area (Å²) < 4.78 is 2.27. The Bertz CT molecular complexity index is 1440. The molecule has 2 aromatic heterocycles. The largest absolute Gasteiger partial charge is 0.333 e. The Morgan fingerprint density at radius 1 is 1.00 bits per heavy atom.